The summed E-state index contributed by atoms with van der Waals surface area (Å²) in [6.45, 7) is 1.76. The van der Waals surface area contributed by atoms with Crippen molar-refractivity contribution < 1.29 is 19.7 Å². The molecule has 0 bridgehead atoms. The molecule has 0 spiro atoms. The predicted molar refractivity (Wildman–Crippen MR) is 81.0 cm³/mol. The molecule has 112 valence electrons. The predicted octanol–water partition coefficient (Wildman–Crippen LogP) is 2.28. The number of benzene rings is 2. The van der Waals surface area contributed by atoms with Crippen molar-refractivity contribution in [2.24, 2.45) is 0 Å². The molecule has 0 aromatic heterocycles. The monoisotopic (exact) mass is 288 g/mol. The third-order valence-corrected chi connectivity index (χ3v) is 2.88. The first kappa shape index (κ1) is 17.0. The van der Waals surface area contributed by atoms with Gasteiger partial charge in [-0.05, 0) is 12.5 Å². The fourth-order valence-electron chi connectivity index (χ4n) is 1.82. The summed E-state index contributed by atoms with van der Waals surface area (Å²) in [6.07, 6.45) is 0. The van der Waals surface area contributed by atoms with E-state index in [9.17, 15) is 15.0 Å². The van der Waals surface area contributed by atoms with Crippen LogP contribution in [0.15, 0.2) is 54.6 Å². The van der Waals surface area contributed by atoms with Gasteiger partial charge in [0.2, 0.25) is 5.78 Å². The lowest BCUT2D eigenvalue weighted by atomic mass is 9.94. The van der Waals surface area contributed by atoms with Crippen LogP contribution in [-0.4, -0.2) is 30.2 Å². The van der Waals surface area contributed by atoms with Gasteiger partial charge in [0.25, 0.3) is 5.79 Å². The Labute approximate surface area is 124 Å². The topological polar surface area (TPSA) is 66.8 Å². The van der Waals surface area contributed by atoms with Crippen LogP contribution in [0.2, 0.25) is 0 Å². The van der Waals surface area contributed by atoms with Gasteiger partial charge < -0.3 is 14.9 Å². The second-order valence-corrected chi connectivity index (χ2v) is 4.59. The number of rotatable bonds is 3. The van der Waals surface area contributed by atoms with Gasteiger partial charge in [-0.25, -0.2) is 0 Å². The number of carbonyl (C=O) groups excluding carboxylic acids is 1. The van der Waals surface area contributed by atoms with E-state index >= 15 is 0 Å². The van der Waals surface area contributed by atoms with Crippen molar-refractivity contribution in [2.45, 2.75) is 12.7 Å². The molecule has 0 saturated carbocycles. The second kappa shape index (κ2) is 7.69. The lowest BCUT2D eigenvalue weighted by molar-refractivity contribution is -0.128. The zero-order valence-electron chi connectivity index (χ0n) is 12.4. The number of aryl methyl sites for hydroxylation is 1. The van der Waals surface area contributed by atoms with Crippen molar-refractivity contribution in [3.8, 4) is 0 Å². The third-order valence-electron chi connectivity index (χ3n) is 2.88. The molecule has 2 rings (SSSR count). The van der Waals surface area contributed by atoms with Gasteiger partial charge in [-0.15, -0.1) is 0 Å². The van der Waals surface area contributed by atoms with E-state index in [2.05, 4.69) is 4.74 Å². The Morgan fingerprint density at radius 2 is 1.43 bits per heavy atom. The van der Waals surface area contributed by atoms with Gasteiger partial charge in [-0.2, -0.15) is 0 Å². The van der Waals surface area contributed by atoms with Gasteiger partial charge in [-0.1, -0.05) is 54.6 Å². The van der Waals surface area contributed by atoms with E-state index in [-0.39, 0.29) is 5.56 Å². The molecule has 0 unspecified atom stereocenters. The van der Waals surface area contributed by atoms with E-state index in [1.807, 2.05) is 0 Å². The lowest BCUT2D eigenvalue weighted by Gasteiger charge is -2.21. The summed E-state index contributed by atoms with van der Waals surface area (Å²) in [6, 6.07) is 14.9. The molecule has 0 aliphatic heterocycles. The van der Waals surface area contributed by atoms with Crippen molar-refractivity contribution in [1.82, 2.24) is 0 Å². The highest BCUT2D eigenvalue weighted by molar-refractivity contribution is 6.02. The van der Waals surface area contributed by atoms with E-state index < -0.39 is 11.6 Å². The Morgan fingerprint density at radius 1 is 0.952 bits per heavy atom. The number of hydrogen-bond acceptors (Lipinski definition) is 4. The summed E-state index contributed by atoms with van der Waals surface area (Å²) >= 11 is 0. The van der Waals surface area contributed by atoms with Crippen LogP contribution in [0.25, 0.3) is 0 Å². The molecule has 0 atom stereocenters. The molecule has 0 heterocycles. The van der Waals surface area contributed by atoms with Crippen LogP contribution in [0.5, 0.6) is 0 Å². The second-order valence-electron chi connectivity index (χ2n) is 4.59. The number of aliphatic hydroxyl groups is 2. The van der Waals surface area contributed by atoms with Crippen molar-refractivity contribution >= 4 is 5.78 Å². The minimum absolute atomic E-state index is 0.165. The van der Waals surface area contributed by atoms with Crippen LogP contribution < -0.4 is 0 Å². The Bertz CT molecular complexity index is 576. The van der Waals surface area contributed by atoms with Gasteiger partial charge in [0.05, 0.1) is 0 Å². The molecule has 0 aliphatic rings. The minimum atomic E-state index is -2.49. The summed E-state index contributed by atoms with van der Waals surface area (Å²) in [5.74, 6) is -3.21. The molecule has 0 saturated heterocycles. The zero-order chi connectivity index (χ0) is 15.9. The van der Waals surface area contributed by atoms with Gasteiger partial charge in [0, 0.05) is 25.3 Å². The maximum atomic E-state index is 12.2. The van der Waals surface area contributed by atoms with Crippen LogP contribution in [0, 0.1) is 6.92 Å². The summed E-state index contributed by atoms with van der Waals surface area (Å²) < 4.78 is 4.25. The summed E-state index contributed by atoms with van der Waals surface area (Å²) in [5.41, 5.74) is 1.19. The standard InChI is InChI=1S/C15H14O3.C2H6O/c1-11-7-5-6-10-13(11)14(16)15(17,18)12-8-3-2-4-9-12;1-3-2/h2-10,17-18H,1H3;1-2H3. The first-order chi connectivity index (χ1) is 9.95. The molecule has 4 heteroatoms. The largest absolute Gasteiger partial charge is 0.388 e. The zero-order valence-corrected chi connectivity index (χ0v) is 12.4. The fourth-order valence-corrected chi connectivity index (χ4v) is 1.82. The van der Waals surface area contributed by atoms with Crippen molar-refractivity contribution in [3.63, 3.8) is 0 Å². The maximum absolute atomic E-state index is 12.2. The maximum Gasteiger partial charge on any atom is 0.256 e. The number of ether oxygens (including phenoxy) is 1. The van der Waals surface area contributed by atoms with E-state index in [1.165, 1.54) is 12.1 Å². The number of hydrogen-bond donors (Lipinski definition) is 2. The Hall–Kier alpha value is -2.01. The van der Waals surface area contributed by atoms with Gasteiger partial charge in [-0.3, -0.25) is 4.79 Å². The smallest absolute Gasteiger partial charge is 0.256 e. The van der Waals surface area contributed by atoms with Crippen molar-refractivity contribution in [2.75, 3.05) is 14.2 Å². The van der Waals surface area contributed by atoms with Crippen LogP contribution in [0.1, 0.15) is 21.5 Å². The van der Waals surface area contributed by atoms with Gasteiger partial charge in [0.1, 0.15) is 0 Å². The molecular formula is C17H20O4. The van der Waals surface area contributed by atoms with Crippen LogP contribution in [-0.2, 0) is 10.5 Å². The molecular weight excluding hydrogens is 268 g/mol. The normalized spacial score (nSPS) is 10.5. The van der Waals surface area contributed by atoms with E-state index in [0.29, 0.717) is 11.1 Å². The average Bonchev–Trinajstić information content (AvgIpc) is 2.49. The molecule has 2 N–H and O–H groups in total. The Kier molecular flexibility index (Phi) is 6.24. The highest BCUT2D eigenvalue weighted by Crippen LogP contribution is 2.24. The highest BCUT2D eigenvalue weighted by Gasteiger charge is 2.36. The molecule has 4 nitrogen and oxygen atoms in total. The minimum Gasteiger partial charge on any atom is -0.388 e. The molecule has 0 fully saturated rings. The molecule has 2 aromatic rings. The van der Waals surface area contributed by atoms with E-state index in [4.69, 9.17) is 0 Å². The van der Waals surface area contributed by atoms with E-state index in [1.54, 1.807) is 63.6 Å². The SMILES string of the molecule is COC.Cc1ccccc1C(=O)C(O)(O)c1ccccc1. The number of methoxy groups -OCH3 is 1. The first-order valence-electron chi connectivity index (χ1n) is 6.46. The van der Waals surface area contributed by atoms with Crippen LogP contribution >= 0.6 is 0 Å². The number of carbonyl (C=O) groups is 1. The molecule has 0 aliphatic carbocycles. The first-order valence-corrected chi connectivity index (χ1v) is 6.46. The Morgan fingerprint density at radius 3 is 1.95 bits per heavy atom. The molecule has 2 aromatic carbocycles. The molecule has 0 radical (unpaired) electrons. The lowest BCUT2D eigenvalue weighted by Crippen LogP contribution is -2.35. The Balaban J connectivity index is 0.000000677. The summed E-state index contributed by atoms with van der Waals surface area (Å²) in [7, 11) is 3.25. The highest BCUT2D eigenvalue weighted by atomic mass is 16.5. The molecule has 0 amide bonds. The average molecular weight is 288 g/mol. The van der Waals surface area contributed by atoms with Crippen molar-refractivity contribution in [1.29, 1.82) is 0 Å². The molecule has 21 heavy (non-hydrogen) atoms. The van der Waals surface area contributed by atoms with Gasteiger partial charge in [0.15, 0.2) is 0 Å². The van der Waals surface area contributed by atoms with Crippen LogP contribution in [0.3, 0.4) is 0 Å². The number of Topliss-reactive ketones (excluding diaryl/α,β-unsaturated/α-hetero) is 1. The summed E-state index contributed by atoms with van der Waals surface area (Å²) in [4.78, 5) is 12.2. The third kappa shape index (κ3) is 4.23. The van der Waals surface area contributed by atoms with Crippen molar-refractivity contribution in [3.05, 3.63) is 71.3 Å². The van der Waals surface area contributed by atoms with Crippen LogP contribution in [0.4, 0.5) is 0 Å². The van der Waals surface area contributed by atoms with Gasteiger partial charge >= 0.3 is 0 Å². The van der Waals surface area contributed by atoms with E-state index in [0.717, 1.165) is 0 Å². The number of ketones is 1. The quantitative estimate of drug-likeness (QED) is 0.671. The summed E-state index contributed by atoms with van der Waals surface area (Å²) in [5, 5.41) is 20.1. The fraction of sp³-hybridized carbons (Fsp3) is 0.235.